The number of rotatable bonds is 13. The van der Waals surface area contributed by atoms with E-state index in [2.05, 4.69) is 26.0 Å². The molecule has 8 aliphatic rings. The predicted molar refractivity (Wildman–Crippen MR) is 411 cm³/mol. The van der Waals surface area contributed by atoms with Crippen molar-refractivity contribution in [1.82, 2.24) is 16.0 Å². The molecular weight excluding hydrogens is 1570 g/mol. The highest BCUT2D eigenvalue weighted by Gasteiger charge is 2.39. The van der Waals surface area contributed by atoms with Gasteiger partial charge in [0.1, 0.15) is 12.2 Å². The Morgan fingerprint density at radius 3 is 1.30 bits per heavy atom. The molecule has 109 heavy (non-hydrogen) atoms. The van der Waals surface area contributed by atoms with Crippen LogP contribution in [0, 0.1) is 20.2 Å². The van der Waals surface area contributed by atoms with Crippen LogP contribution in [0.1, 0.15) is 54.2 Å². The third kappa shape index (κ3) is 19.7. The number of nitro benzene ring substituents is 2. The number of amides is 4. The van der Waals surface area contributed by atoms with Gasteiger partial charge in [-0.1, -0.05) is 12.2 Å². The number of aliphatic hydroxyl groups is 1. The van der Waals surface area contributed by atoms with Gasteiger partial charge in [0.2, 0.25) is 72.0 Å². The van der Waals surface area contributed by atoms with Gasteiger partial charge in [0.25, 0.3) is 11.4 Å². The summed E-state index contributed by atoms with van der Waals surface area (Å²) in [5, 5.41) is 41.7. The highest BCUT2D eigenvalue weighted by molar-refractivity contribution is 7.93. The predicted octanol–water partition coefficient (Wildman–Crippen LogP) is 3.80. The summed E-state index contributed by atoms with van der Waals surface area (Å²) in [6.07, 6.45) is -2.37. The standard InChI is InChI=1S/C14H17N3O5S.C14H17N3O4S2.C13H19N3O4S.C8H8N2O4S.C8H10N2O2S.C7H6N2O4S/c1-9(18)15-6-12-7-17(14(19)22-12)11-3-4-13-10(5-11)8-23(20,21)16(13)2;1-9(22)15-6-12-7-17(14(18)21-12)11-3-4-13-10(5-11)8-23(19,20)16(13)2;1-9(17)14-6-12(18)7-15-11-3-4-13-10(5-11)8-21(19,20)16(13)2;1-9-8-3-2-7(10(11)12)4-6(8)5-15(9,13)14;1-10-8-3-2-7(9)4-6(8)5-13(10,11)12;10-9(11)6-1-2-7-5(3-6)4-14(12,13)8-7/h3-5,12H,6-8H2,1-2H3,(H,15,18);3-5,12H,6-8H2,1-2H3,(H,15,22);3-5,12,15,18H,6-8H2,1-2H3,(H,14,17);2-4H,5H2,1H3;2-4H,5,9H2,1H3;1-3,8H,4H2/t3*12-;;;/m000.../s1. The molecule has 588 valence electrons. The number of nitrogen functional groups attached to an aromatic ring is 1. The normalized spacial score (nSPS) is 19.4. The topological polar surface area (TPSA) is 507 Å². The number of benzene rings is 6. The molecule has 38 nitrogen and oxygen atoms in total. The van der Waals surface area contributed by atoms with E-state index in [0.29, 0.717) is 92.4 Å². The van der Waals surface area contributed by atoms with E-state index >= 15 is 0 Å². The molecular formula is C64H77N15O23S7. The third-order valence-electron chi connectivity index (χ3n) is 17.6. The van der Waals surface area contributed by atoms with E-state index < -0.39 is 94.4 Å². The Labute approximate surface area is 633 Å². The van der Waals surface area contributed by atoms with Crippen molar-refractivity contribution in [2.75, 3.05) is 122 Å². The Balaban J connectivity index is 0.000000153. The van der Waals surface area contributed by atoms with Gasteiger partial charge in [-0.2, -0.15) is 0 Å². The molecule has 2 fully saturated rings. The SMILES string of the molecule is CC(=O)NC[C@H](O)CNc1ccc2c(c1)CS(=O)(=O)N2C.CC(=O)NC[C@H]1CN(c2ccc3c(c2)CS(=O)(=O)N3C)C(=O)O1.CC(=S)NC[C@H]1CN(c2ccc3c(c2)CS(=O)(=O)N3C)C(=O)O1.CN1c2ccc(N)cc2CS1(=O)=O.CN1c2ccc([N+](=O)[O-])cc2CS1(=O)=O.O=[N+]([O-])c1ccc2c(c1)CS(=O)(=O)N2. The van der Waals surface area contributed by atoms with Crippen LogP contribution < -0.4 is 63.0 Å². The van der Waals surface area contributed by atoms with Crippen LogP contribution in [-0.4, -0.2) is 187 Å². The van der Waals surface area contributed by atoms with E-state index in [1.54, 1.807) is 86.8 Å². The number of aliphatic hydroxyl groups excluding tert-OH is 1. The summed E-state index contributed by atoms with van der Waals surface area (Å²) in [6, 6.07) is 28.7. The van der Waals surface area contributed by atoms with E-state index in [0.717, 1.165) is 26.8 Å². The Kier molecular flexibility index (Phi) is 24.5. The minimum absolute atomic E-state index is 0.0111. The fourth-order valence-corrected chi connectivity index (χ4v) is 19.7. The number of ether oxygens (including phenoxy) is 2. The molecule has 4 amide bonds. The summed E-state index contributed by atoms with van der Waals surface area (Å²) >= 11 is 4.94. The smallest absolute Gasteiger partial charge is 0.414 e. The average molecular weight is 1650 g/mol. The Hall–Kier alpha value is -10.4. The molecule has 0 radical (unpaired) electrons. The molecule has 2 saturated heterocycles. The van der Waals surface area contributed by atoms with Crippen molar-refractivity contribution in [1.29, 1.82) is 0 Å². The molecule has 0 bridgehead atoms. The van der Waals surface area contributed by atoms with Gasteiger partial charge < -0.3 is 41.6 Å². The second-order valence-corrected chi connectivity index (χ2v) is 37.9. The quantitative estimate of drug-likeness (QED) is 0.0374. The number of nitrogens with one attached hydrogen (secondary N) is 5. The summed E-state index contributed by atoms with van der Waals surface area (Å²) in [7, 11) is -12.0. The zero-order valence-electron chi connectivity index (χ0n) is 59.5. The molecule has 8 aliphatic heterocycles. The van der Waals surface area contributed by atoms with Crippen molar-refractivity contribution in [2.24, 2.45) is 0 Å². The molecule has 45 heteroatoms. The van der Waals surface area contributed by atoms with Crippen molar-refractivity contribution >= 4 is 170 Å². The Bertz CT molecular complexity index is 5260. The molecule has 6 aromatic rings. The van der Waals surface area contributed by atoms with Crippen LogP contribution in [0.5, 0.6) is 0 Å². The van der Waals surface area contributed by atoms with Crippen LogP contribution >= 0.6 is 12.2 Å². The first kappa shape index (κ1) is 82.6. The number of carbonyl (C=O) groups excluding carboxylic acids is 4. The van der Waals surface area contributed by atoms with Crippen molar-refractivity contribution in [3.63, 3.8) is 0 Å². The highest BCUT2D eigenvalue weighted by atomic mass is 32.2. The zero-order valence-corrected chi connectivity index (χ0v) is 65.2. The van der Waals surface area contributed by atoms with Crippen molar-refractivity contribution in [3.05, 3.63) is 163 Å². The highest BCUT2D eigenvalue weighted by Crippen LogP contribution is 2.40. The number of nitrogens with zero attached hydrogens (tertiary/aromatic N) is 9. The summed E-state index contributed by atoms with van der Waals surface area (Å²) < 4.78 is 158. The van der Waals surface area contributed by atoms with Gasteiger partial charge in [-0.25, -0.2) is 60.1 Å². The molecule has 8 N–H and O–H groups in total. The number of fused-ring (bicyclic) bond motifs is 6. The molecule has 14 rings (SSSR count). The van der Waals surface area contributed by atoms with Crippen LogP contribution in [0.2, 0.25) is 0 Å². The van der Waals surface area contributed by atoms with Gasteiger partial charge in [-0.15, -0.1) is 0 Å². The van der Waals surface area contributed by atoms with E-state index in [-0.39, 0.29) is 83.4 Å². The molecule has 0 unspecified atom stereocenters. The van der Waals surface area contributed by atoms with E-state index in [4.69, 9.17) is 27.4 Å². The van der Waals surface area contributed by atoms with Crippen molar-refractivity contribution in [3.8, 4) is 0 Å². The Morgan fingerprint density at radius 2 is 0.881 bits per heavy atom. The molecule has 8 heterocycles. The second kappa shape index (κ2) is 32.4. The lowest BCUT2D eigenvalue weighted by Crippen LogP contribution is -2.34. The number of thiocarbonyl (C=S) groups is 1. The molecule has 0 aromatic heterocycles. The maximum absolute atomic E-state index is 12.0. The summed E-state index contributed by atoms with van der Waals surface area (Å²) in [4.78, 5) is 69.1. The summed E-state index contributed by atoms with van der Waals surface area (Å²) in [5.74, 6) is -0.822. The summed E-state index contributed by atoms with van der Waals surface area (Å²) in [5.41, 5.74) is 15.3. The number of sulfonamides is 6. The van der Waals surface area contributed by atoms with Gasteiger partial charge in [0.15, 0.2) is 0 Å². The van der Waals surface area contributed by atoms with Crippen LogP contribution in [-0.2, 0) is 114 Å². The van der Waals surface area contributed by atoms with Gasteiger partial charge in [-0.05, 0) is 120 Å². The number of hydrogen-bond acceptors (Lipinski definition) is 26. The van der Waals surface area contributed by atoms with Crippen molar-refractivity contribution in [2.45, 2.75) is 73.6 Å². The maximum atomic E-state index is 12.0. The lowest BCUT2D eigenvalue weighted by molar-refractivity contribution is -0.385. The van der Waals surface area contributed by atoms with E-state index in [1.807, 2.05) is 0 Å². The number of nitro groups is 2. The van der Waals surface area contributed by atoms with Crippen molar-refractivity contribution < 1.29 is 94.1 Å². The van der Waals surface area contributed by atoms with Gasteiger partial charge in [0.05, 0.1) is 116 Å². The number of nitrogens with two attached hydrogens (primary N) is 1. The number of carbonyl (C=O) groups is 4. The number of hydrogen-bond donors (Lipinski definition) is 7. The van der Waals surface area contributed by atoms with Gasteiger partial charge in [0, 0.05) is 115 Å². The van der Waals surface area contributed by atoms with Gasteiger partial charge >= 0.3 is 12.2 Å². The van der Waals surface area contributed by atoms with Crippen LogP contribution in [0.15, 0.2) is 109 Å². The molecule has 0 spiro atoms. The minimum atomic E-state index is -3.32. The first-order valence-corrected chi connectivity index (χ1v) is 42.6. The van der Waals surface area contributed by atoms with Crippen LogP contribution in [0.4, 0.5) is 77.8 Å². The van der Waals surface area contributed by atoms with Gasteiger partial charge in [-0.3, -0.25) is 65.9 Å². The van der Waals surface area contributed by atoms with Crippen LogP contribution in [0.25, 0.3) is 0 Å². The number of cyclic esters (lactones) is 2. The lowest BCUT2D eigenvalue weighted by Gasteiger charge is -2.15. The lowest BCUT2D eigenvalue weighted by atomic mass is 10.1. The Morgan fingerprint density at radius 1 is 0.514 bits per heavy atom. The van der Waals surface area contributed by atoms with E-state index in [9.17, 15) is 95.0 Å². The number of non-ortho nitro benzene ring substituents is 2. The van der Waals surface area contributed by atoms with Crippen LogP contribution in [0.3, 0.4) is 0 Å². The first-order valence-electron chi connectivity index (χ1n) is 32.5. The molecule has 3 atom stereocenters. The maximum Gasteiger partial charge on any atom is 0.414 e. The second-order valence-electron chi connectivity index (χ2n) is 25.6. The minimum Gasteiger partial charge on any atom is -0.442 e. The molecule has 6 aromatic carbocycles. The zero-order chi connectivity index (χ0) is 80.4. The fraction of sp³-hybridized carbons (Fsp3) is 0.359. The average Bonchev–Trinajstić information content (AvgIpc) is 1.64. The third-order valence-corrected chi connectivity index (χ3v) is 27.5. The summed E-state index contributed by atoms with van der Waals surface area (Å²) in [6.45, 7) is 6.40. The number of anilines is 10. The fourth-order valence-electron chi connectivity index (χ4n) is 11.9. The monoisotopic (exact) mass is 1650 g/mol. The molecule has 0 aliphatic carbocycles. The van der Waals surface area contributed by atoms with E-state index in [1.165, 1.54) is 105 Å². The first-order chi connectivity index (χ1) is 50.7. The molecule has 0 saturated carbocycles. The largest absolute Gasteiger partial charge is 0.442 e.